The molecule has 144 valence electrons. The van der Waals surface area contributed by atoms with Gasteiger partial charge >= 0.3 is 0 Å². The van der Waals surface area contributed by atoms with Crippen LogP contribution in [-0.4, -0.2) is 55.1 Å². The smallest absolute Gasteiger partial charge is 0.0594 e. The third kappa shape index (κ3) is 7.97. The van der Waals surface area contributed by atoms with Crippen LogP contribution in [0.3, 0.4) is 0 Å². The predicted octanol–water partition coefficient (Wildman–Crippen LogP) is 5.59. The zero-order valence-corrected chi connectivity index (χ0v) is 20.0. The molecule has 2 fully saturated rings. The van der Waals surface area contributed by atoms with Gasteiger partial charge in [-0.3, -0.25) is 4.90 Å². The number of morpholine rings is 1. The molecule has 1 heterocycles. The summed E-state index contributed by atoms with van der Waals surface area (Å²) in [5, 5.41) is 1.86. The molecular formula is C19H30Br3NO2. The van der Waals surface area contributed by atoms with E-state index in [-0.39, 0.29) is 0 Å². The molecule has 25 heavy (non-hydrogen) atoms. The molecular weight excluding hydrogens is 514 g/mol. The Labute approximate surface area is 178 Å². The number of nitrogens with zero attached hydrogens (tertiary/aromatic N) is 1. The second-order valence-corrected chi connectivity index (χ2v) is 8.13. The minimum atomic E-state index is 0.338. The summed E-state index contributed by atoms with van der Waals surface area (Å²) in [6.45, 7) is 9.56. The molecule has 1 aromatic rings. The van der Waals surface area contributed by atoms with E-state index in [0.717, 1.165) is 54.6 Å². The lowest BCUT2D eigenvalue weighted by Gasteiger charge is -2.35. The van der Waals surface area contributed by atoms with E-state index in [2.05, 4.69) is 77.0 Å². The fourth-order valence-corrected chi connectivity index (χ4v) is 3.59. The molecule has 0 unspecified atom stereocenters. The van der Waals surface area contributed by atoms with Crippen LogP contribution in [0.5, 0.6) is 0 Å². The van der Waals surface area contributed by atoms with Crippen LogP contribution >= 0.6 is 47.8 Å². The van der Waals surface area contributed by atoms with E-state index in [0.29, 0.717) is 5.54 Å². The Morgan fingerprint density at radius 2 is 1.52 bits per heavy atom. The molecule has 1 saturated carbocycles. The Kier molecular flexibility index (Phi) is 12.9. The van der Waals surface area contributed by atoms with Gasteiger partial charge in [-0.25, -0.2) is 0 Å². The highest BCUT2D eigenvalue weighted by Gasteiger charge is 2.49. The van der Waals surface area contributed by atoms with Crippen molar-refractivity contribution >= 4 is 47.8 Å². The van der Waals surface area contributed by atoms with E-state index in [1.54, 1.807) is 0 Å². The third-order valence-electron chi connectivity index (χ3n) is 4.16. The van der Waals surface area contributed by atoms with Crippen molar-refractivity contribution in [3.63, 3.8) is 0 Å². The zero-order valence-electron chi connectivity index (χ0n) is 15.3. The van der Waals surface area contributed by atoms with Gasteiger partial charge in [0.1, 0.15) is 0 Å². The summed E-state index contributed by atoms with van der Waals surface area (Å²) >= 11 is 9.97. The van der Waals surface area contributed by atoms with Crippen LogP contribution in [0.1, 0.15) is 32.3 Å². The van der Waals surface area contributed by atoms with Gasteiger partial charge in [-0.1, -0.05) is 73.8 Å². The highest BCUT2D eigenvalue weighted by molar-refractivity contribution is 9.10. The first-order valence-electron chi connectivity index (χ1n) is 9.01. The molecule has 0 amide bonds. The number of hydrogen-bond donors (Lipinski definition) is 0. The normalized spacial score (nSPS) is 18.4. The summed E-state index contributed by atoms with van der Waals surface area (Å²) in [4.78, 5) is 2.60. The summed E-state index contributed by atoms with van der Waals surface area (Å²) in [5.41, 5.74) is 1.81. The Bertz CT molecular complexity index is 442. The largest absolute Gasteiger partial charge is 0.380 e. The van der Waals surface area contributed by atoms with Crippen LogP contribution in [0, 0.1) is 0 Å². The van der Waals surface area contributed by atoms with Crippen LogP contribution in [0.4, 0.5) is 0 Å². The number of benzene rings is 1. The molecule has 0 bridgehead atoms. The van der Waals surface area contributed by atoms with Gasteiger partial charge in [-0.05, 0) is 30.5 Å². The lowest BCUT2D eigenvalue weighted by atomic mass is 10.0. The summed E-state index contributed by atoms with van der Waals surface area (Å²) < 4.78 is 11.6. The van der Waals surface area contributed by atoms with Gasteiger partial charge in [0.15, 0.2) is 0 Å². The van der Waals surface area contributed by atoms with Gasteiger partial charge in [-0.2, -0.15) is 0 Å². The number of ether oxygens (including phenoxy) is 2. The summed E-state index contributed by atoms with van der Waals surface area (Å²) in [6.07, 6.45) is 2.60. The number of alkyl halides is 2. The van der Waals surface area contributed by atoms with Gasteiger partial charge in [0.2, 0.25) is 0 Å². The first-order valence-corrected chi connectivity index (χ1v) is 12.0. The average molecular weight is 544 g/mol. The van der Waals surface area contributed by atoms with Gasteiger partial charge < -0.3 is 9.47 Å². The molecule has 3 nitrogen and oxygen atoms in total. The summed E-state index contributed by atoms with van der Waals surface area (Å²) in [6, 6.07) is 8.81. The highest BCUT2D eigenvalue weighted by Crippen LogP contribution is 2.51. The maximum atomic E-state index is 5.43. The average Bonchev–Trinajstić information content (AvgIpc) is 3.48. The topological polar surface area (TPSA) is 21.7 Å². The van der Waals surface area contributed by atoms with Gasteiger partial charge in [0.25, 0.3) is 0 Å². The number of rotatable bonds is 6. The summed E-state index contributed by atoms with van der Waals surface area (Å²) in [5.74, 6) is 0. The molecule has 0 radical (unpaired) electrons. The van der Waals surface area contributed by atoms with Gasteiger partial charge in [0, 0.05) is 33.8 Å². The molecule has 0 spiro atoms. The van der Waals surface area contributed by atoms with E-state index in [1.807, 2.05) is 13.8 Å². The molecule has 0 atom stereocenters. The zero-order chi connectivity index (χ0) is 18.5. The van der Waals surface area contributed by atoms with E-state index >= 15 is 0 Å². The van der Waals surface area contributed by atoms with Crippen molar-refractivity contribution in [2.24, 2.45) is 0 Å². The Morgan fingerprint density at radius 1 is 1.00 bits per heavy atom. The van der Waals surface area contributed by atoms with E-state index in [4.69, 9.17) is 9.47 Å². The number of halogens is 3. The molecule has 1 aromatic carbocycles. The van der Waals surface area contributed by atoms with Crippen LogP contribution in [-0.2, 0) is 15.0 Å². The maximum absolute atomic E-state index is 5.43. The molecule has 2 aliphatic rings. The molecule has 6 heteroatoms. The molecule has 1 aliphatic heterocycles. The third-order valence-corrected chi connectivity index (χ3v) is 5.34. The quantitative estimate of drug-likeness (QED) is 0.345. The van der Waals surface area contributed by atoms with Crippen molar-refractivity contribution in [3.8, 4) is 0 Å². The Hall–Kier alpha value is 0.540. The monoisotopic (exact) mass is 541 g/mol. The Morgan fingerprint density at radius 3 is 1.96 bits per heavy atom. The lowest BCUT2D eigenvalue weighted by molar-refractivity contribution is 0.00835. The highest BCUT2D eigenvalue weighted by atomic mass is 79.9. The van der Waals surface area contributed by atoms with E-state index < -0.39 is 0 Å². The second kappa shape index (κ2) is 13.7. The second-order valence-electron chi connectivity index (χ2n) is 5.63. The fourth-order valence-electron chi connectivity index (χ4n) is 2.87. The van der Waals surface area contributed by atoms with Crippen molar-refractivity contribution in [2.45, 2.75) is 32.2 Å². The molecule has 1 saturated heterocycles. The van der Waals surface area contributed by atoms with Crippen molar-refractivity contribution in [2.75, 3.05) is 50.2 Å². The molecule has 0 N–H and O–H groups in total. The predicted molar refractivity (Wildman–Crippen MR) is 117 cm³/mol. The lowest BCUT2D eigenvalue weighted by Crippen LogP contribution is -2.43. The first kappa shape index (κ1) is 23.6. The standard InChI is InChI=1S/C13H16BrNO.C4H8Br2O.C2H6/c14-12-3-1-11(2-4-12)13(5-6-13)15-7-9-16-10-8-15;5-1-3-7-4-2-6;1-2/h1-4H,5-10H2;1-4H2;1-2H3. The van der Waals surface area contributed by atoms with Crippen molar-refractivity contribution in [1.29, 1.82) is 0 Å². The maximum Gasteiger partial charge on any atom is 0.0594 e. The van der Waals surface area contributed by atoms with Crippen LogP contribution in [0.15, 0.2) is 28.7 Å². The molecule has 0 aromatic heterocycles. The SMILES string of the molecule is BrCCOCCBr.Brc1ccc(C2(N3CCOCC3)CC2)cc1.CC. The van der Waals surface area contributed by atoms with E-state index in [9.17, 15) is 0 Å². The fraction of sp³-hybridized carbons (Fsp3) is 0.684. The van der Waals surface area contributed by atoms with Crippen LogP contribution in [0.2, 0.25) is 0 Å². The van der Waals surface area contributed by atoms with Crippen molar-refractivity contribution in [3.05, 3.63) is 34.3 Å². The summed E-state index contributed by atoms with van der Waals surface area (Å²) in [7, 11) is 0. The van der Waals surface area contributed by atoms with E-state index in [1.165, 1.54) is 18.4 Å². The van der Waals surface area contributed by atoms with Crippen molar-refractivity contribution < 1.29 is 9.47 Å². The molecule has 3 rings (SSSR count). The van der Waals surface area contributed by atoms with Crippen molar-refractivity contribution in [1.82, 2.24) is 4.90 Å². The molecule has 1 aliphatic carbocycles. The van der Waals surface area contributed by atoms with Gasteiger partial charge in [0.05, 0.1) is 26.4 Å². The minimum absolute atomic E-state index is 0.338. The van der Waals surface area contributed by atoms with Gasteiger partial charge in [-0.15, -0.1) is 0 Å². The minimum Gasteiger partial charge on any atom is -0.380 e. The number of hydrogen-bond acceptors (Lipinski definition) is 3. The van der Waals surface area contributed by atoms with Crippen LogP contribution < -0.4 is 0 Å². The van der Waals surface area contributed by atoms with Crippen LogP contribution in [0.25, 0.3) is 0 Å². The first-order chi connectivity index (χ1) is 12.2. The Balaban J connectivity index is 0.000000297.